The van der Waals surface area contributed by atoms with E-state index in [-0.39, 0.29) is 5.91 Å². The standard InChI is InChI=1S/C24H22N4O2/c1-30-21-11-9-19(10-12-21)23-16-22(27-28(23)20-7-3-2-4-8-20)24(29)26-15-13-18-6-5-14-25-17-18/h2-12,14,16-17H,13,15H2,1H3,(H,26,29). The van der Waals surface area contributed by atoms with Gasteiger partial charge < -0.3 is 10.1 Å². The van der Waals surface area contributed by atoms with Gasteiger partial charge in [-0.3, -0.25) is 9.78 Å². The highest BCUT2D eigenvalue weighted by Gasteiger charge is 2.16. The summed E-state index contributed by atoms with van der Waals surface area (Å²) in [5.74, 6) is 0.571. The fourth-order valence-electron chi connectivity index (χ4n) is 3.18. The molecule has 0 spiro atoms. The number of hydrogen-bond donors (Lipinski definition) is 1. The van der Waals surface area contributed by atoms with Crippen LogP contribution in [0.1, 0.15) is 16.1 Å². The van der Waals surface area contributed by atoms with Gasteiger partial charge in [0.15, 0.2) is 5.69 Å². The lowest BCUT2D eigenvalue weighted by atomic mass is 10.1. The Morgan fingerprint density at radius 2 is 1.83 bits per heavy atom. The van der Waals surface area contributed by atoms with Crippen molar-refractivity contribution in [3.8, 4) is 22.7 Å². The first kappa shape index (κ1) is 19.4. The Hall–Kier alpha value is -3.93. The number of amides is 1. The van der Waals surface area contributed by atoms with Crippen LogP contribution in [0.4, 0.5) is 0 Å². The van der Waals surface area contributed by atoms with Crippen molar-refractivity contribution in [1.82, 2.24) is 20.1 Å². The van der Waals surface area contributed by atoms with Gasteiger partial charge in [-0.15, -0.1) is 0 Å². The van der Waals surface area contributed by atoms with Crippen LogP contribution in [0, 0.1) is 0 Å². The van der Waals surface area contributed by atoms with Crippen molar-refractivity contribution < 1.29 is 9.53 Å². The van der Waals surface area contributed by atoms with Gasteiger partial charge in [-0.05, 0) is 60.5 Å². The number of nitrogens with zero attached hydrogens (tertiary/aromatic N) is 3. The SMILES string of the molecule is COc1ccc(-c2cc(C(=O)NCCc3cccnc3)nn2-c2ccccc2)cc1. The van der Waals surface area contributed by atoms with Gasteiger partial charge in [-0.2, -0.15) is 5.10 Å². The van der Waals surface area contributed by atoms with Crippen LogP contribution in [0.15, 0.2) is 85.2 Å². The van der Waals surface area contributed by atoms with Gasteiger partial charge in [0.2, 0.25) is 0 Å². The minimum absolute atomic E-state index is 0.205. The average molecular weight is 398 g/mol. The third-order valence-corrected chi connectivity index (χ3v) is 4.75. The third-order valence-electron chi connectivity index (χ3n) is 4.75. The van der Waals surface area contributed by atoms with Crippen molar-refractivity contribution >= 4 is 5.91 Å². The first-order valence-corrected chi connectivity index (χ1v) is 9.71. The summed E-state index contributed by atoms with van der Waals surface area (Å²) in [6.07, 6.45) is 4.25. The summed E-state index contributed by atoms with van der Waals surface area (Å²) in [6, 6.07) is 23.2. The molecular weight excluding hydrogens is 376 g/mol. The fourth-order valence-corrected chi connectivity index (χ4v) is 3.18. The molecule has 0 saturated carbocycles. The molecule has 0 saturated heterocycles. The number of ether oxygens (including phenoxy) is 1. The average Bonchev–Trinajstić information content (AvgIpc) is 3.26. The van der Waals surface area contributed by atoms with Gasteiger partial charge in [0, 0.05) is 24.5 Å². The molecule has 1 amide bonds. The highest BCUT2D eigenvalue weighted by atomic mass is 16.5. The summed E-state index contributed by atoms with van der Waals surface area (Å²) in [5, 5.41) is 7.53. The molecule has 4 aromatic rings. The molecule has 0 bridgehead atoms. The summed E-state index contributed by atoms with van der Waals surface area (Å²) >= 11 is 0. The molecule has 6 heteroatoms. The van der Waals surface area contributed by atoms with Crippen molar-refractivity contribution in [1.29, 1.82) is 0 Å². The van der Waals surface area contributed by atoms with Crippen LogP contribution in [-0.2, 0) is 6.42 Å². The van der Waals surface area contributed by atoms with Gasteiger partial charge in [-0.25, -0.2) is 4.68 Å². The Kier molecular flexibility index (Phi) is 5.85. The zero-order valence-corrected chi connectivity index (χ0v) is 16.7. The van der Waals surface area contributed by atoms with E-state index in [1.807, 2.05) is 72.8 Å². The first-order chi connectivity index (χ1) is 14.7. The lowest BCUT2D eigenvalue weighted by molar-refractivity contribution is 0.0948. The molecule has 0 unspecified atom stereocenters. The van der Waals surface area contributed by atoms with Crippen molar-refractivity contribution in [2.24, 2.45) is 0 Å². The maximum absolute atomic E-state index is 12.7. The van der Waals surface area contributed by atoms with Crippen molar-refractivity contribution in [3.63, 3.8) is 0 Å². The molecule has 0 fully saturated rings. The molecule has 2 aromatic heterocycles. The van der Waals surface area contributed by atoms with E-state index < -0.39 is 0 Å². The summed E-state index contributed by atoms with van der Waals surface area (Å²) in [5.41, 5.74) is 4.11. The van der Waals surface area contributed by atoms with Gasteiger partial charge in [-0.1, -0.05) is 24.3 Å². The van der Waals surface area contributed by atoms with Crippen molar-refractivity contribution in [2.45, 2.75) is 6.42 Å². The van der Waals surface area contributed by atoms with Gasteiger partial charge in [0.1, 0.15) is 5.75 Å². The second kappa shape index (κ2) is 9.05. The normalized spacial score (nSPS) is 10.6. The highest BCUT2D eigenvalue weighted by Crippen LogP contribution is 2.26. The summed E-state index contributed by atoms with van der Waals surface area (Å²) < 4.78 is 7.04. The van der Waals surface area contributed by atoms with E-state index in [0.717, 1.165) is 28.3 Å². The topological polar surface area (TPSA) is 69.0 Å². The van der Waals surface area contributed by atoms with E-state index in [4.69, 9.17) is 4.74 Å². The van der Waals surface area contributed by atoms with Gasteiger partial charge >= 0.3 is 0 Å². The molecule has 4 rings (SSSR count). The fraction of sp³-hybridized carbons (Fsp3) is 0.125. The third kappa shape index (κ3) is 4.38. The lowest BCUT2D eigenvalue weighted by Gasteiger charge is -2.08. The van der Waals surface area contributed by atoms with Crippen LogP contribution in [0.2, 0.25) is 0 Å². The zero-order chi connectivity index (χ0) is 20.8. The van der Waals surface area contributed by atoms with Crippen molar-refractivity contribution in [2.75, 3.05) is 13.7 Å². The van der Waals surface area contributed by atoms with Crippen molar-refractivity contribution in [3.05, 3.63) is 96.4 Å². The predicted octanol–water partition coefficient (Wildman–Crippen LogP) is 3.92. The van der Waals surface area contributed by atoms with Crippen LogP contribution >= 0.6 is 0 Å². The molecule has 30 heavy (non-hydrogen) atoms. The number of hydrogen-bond acceptors (Lipinski definition) is 4. The van der Waals surface area contributed by atoms with E-state index >= 15 is 0 Å². The molecule has 150 valence electrons. The Bertz CT molecular complexity index is 1110. The van der Waals surface area contributed by atoms with Gasteiger partial charge in [0.05, 0.1) is 18.5 Å². The number of nitrogens with one attached hydrogen (secondary N) is 1. The Balaban J connectivity index is 1.59. The number of para-hydroxylation sites is 1. The van der Waals surface area contributed by atoms with E-state index in [0.29, 0.717) is 18.7 Å². The van der Waals surface area contributed by atoms with Crippen LogP contribution in [0.25, 0.3) is 16.9 Å². The summed E-state index contributed by atoms with van der Waals surface area (Å²) in [7, 11) is 1.64. The summed E-state index contributed by atoms with van der Waals surface area (Å²) in [4.78, 5) is 16.8. The summed E-state index contributed by atoms with van der Waals surface area (Å²) in [6.45, 7) is 0.514. The van der Waals surface area contributed by atoms with E-state index in [1.165, 1.54) is 0 Å². The second-order valence-corrected chi connectivity index (χ2v) is 6.76. The maximum Gasteiger partial charge on any atom is 0.271 e. The minimum atomic E-state index is -0.205. The quantitative estimate of drug-likeness (QED) is 0.512. The molecular formula is C24H22N4O2. The monoisotopic (exact) mass is 398 g/mol. The molecule has 6 nitrogen and oxygen atoms in total. The van der Waals surface area contributed by atoms with Crippen LogP contribution in [0.3, 0.4) is 0 Å². The number of rotatable bonds is 7. The number of aromatic nitrogens is 3. The Morgan fingerprint density at radius 1 is 1.03 bits per heavy atom. The van der Waals surface area contributed by atoms with Crippen LogP contribution in [-0.4, -0.2) is 34.3 Å². The highest BCUT2D eigenvalue weighted by molar-refractivity contribution is 5.93. The number of carbonyl (C=O) groups excluding carboxylic acids is 1. The smallest absolute Gasteiger partial charge is 0.271 e. The zero-order valence-electron chi connectivity index (χ0n) is 16.7. The number of carbonyl (C=O) groups is 1. The molecule has 1 N–H and O–H groups in total. The largest absolute Gasteiger partial charge is 0.497 e. The number of benzene rings is 2. The van der Waals surface area contributed by atoms with Crippen LogP contribution < -0.4 is 10.1 Å². The Labute approximate surface area is 175 Å². The minimum Gasteiger partial charge on any atom is -0.497 e. The number of pyridine rings is 1. The second-order valence-electron chi connectivity index (χ2n) is 6.76. The first-order valence-electron chi connectivity index (χ1n) is 9.71. The molecule has 0 atom stereocenters. The molecule has 0 aliphatic rings. The molecule has 0 aliphatic heterocycles. The molecule has 2 heterocycles. The number of methoxy groups -OCH3 is 1. The molecule has 0 radical (unpaired) electrons. The van der Waals surface area contributed by atoms with E-state index in [1.54, 1.807) is 24.2 Å². The maximum atomic E-state index is 12.7. The Morgan fingerprint density at radius 3 is 2.53 bits per heavy atom. The van der Waals surface area contributed by atoms with E-state index in [2.05, 4.69) is 15.4 Å². The lowest BCUT2D eigenvalue weighted by Crippen LogP contribution is -2.26. The van der Waals surface area contributed by atoms with E-state index in [9.17, 15) is 4.79 Å². The van der Waals surface area contributed by atoms with Crippen LogP contribution in [0.5, 0.6) is 5.75 Å². The van der Waals surface area contributed by atoms with Gasteiger partial charge in [0.25, 0.3) is 5.91 Å². The molecule has 2 aromatic carbocycles. The molecule has 0 aliphatic carbocycles. The predicted molar refractivity (Wildman–Crippen MR) is 116 cm³/mol.